The molecule has 4 saturated heterocycles. The van der Waals surface area contributed by atoms with Gasteiger partial charge in [0, 0.05) is 73.2 Å². The molecule has 2 bridgehead atoms. The van der Waals surface area contributed by atoms with Gasteiger partial charge in [-0.1, -0.05) is 0 Å². The Kier molecular flexibility index (Phi) is 10.0. The van der Waals surface area contributed by atoms with E-state index in [0.717, 1.165) is 82.5 Å². The molecule has 5 fully saturated rings. The molecule has 18 heteroatoms. The number of nitrogens with one attached hydrogen (secondary N) is 1. The summed E-state index contributed by atoms with van der Waals surface area (Å²) in [5.41, 5.74) is -0.231. The fourth-order valence-electron chi connectivity index (χ4n) is 10.2. The molecule has 1 aliphatic carbocycles. The van der Waals surface area contributed by atoms with Crippen molar-refractivity contribution < 1.29 is 42.1 Å². The number of ether oxygens (including phenoxy) is 5. The summed E-state index contributed by atoms with van der Waals surface area (Å²) in [6, 6.07) is 1.84. The monoisotopic (exact) mass is 886 g/mol. The zero-order valence-electron chi connectivity index (χ0n) is 36.5. The molecule has 6 aliphatic rings. The van der Waals surface area contributed by atoms with Gasteiger partial charge in [0.05, 0.1) is 54.0 Å². The average Bonchev–Trinajstić information content (AvgIpc) is 3.57. The van der Waals surface area contributed by atoms with Crippen LogP contribution in [0.4, 0.5) is 29.2 Å². The summed E-state index contributed by atoms with van der Waals surface area (Å²) >= 11 is 0.845. The first kappa shape index (κ1) is 42.0. The third-order valence-electron chi connectivity index (χ3n) is 13.1. The Morgan fingerprint density at radius 3 is 2.35 bits per heavy atom. The summed E-state index contributed by atoms with van der Waals surface area (Å²) in [5, 5.41) is 13.7. The number of likely N-dealkylation sites (tertiary alicyclic amines) is 2. The second kappa shape index (κ2) is 15.1. The summed E-state index contributed by atoms with van der Waals surface area (Å²) in [6.07, 6.45) is 4.43. The lowest BCUT2D eigenvalue weighted by atomic mass is 9.78. The van der Waals surface area contributed by atoms with Crippen LogP contribution in [-0.2, 0) is 32.2 Å². The highest BCUT2D eigenvalue weighted by molar-refractivity contribution is 7.23. The molecule has 2 amide bonds. The zero-order chi connectivity index (χ0) is 44.2. The molecule has 5 aliphatic heterocycles. The number of anilines is 2. The van der Waals surface area contributed by atoms with Gasteiger partial charge in [-0.25, -0.2) is 18.4 Å². The van der Waals surface area contributed by atoms with E-state index in [9.17, 15) is 14.9 Å². The average molecular weight is 887 g/mol. The van der Waals surface area contributed by atoms with E-state index in [4.69, 9.17) is 33.7 Å². The van der Waals surface area contributed by atoms with Crippen molar-refractivity contribution in [2.75, 3.05) is 62.8 Å². The number of benzene rings is 1. The predicted octanol–water partition coefficient (Wildman–Crippen LogP) is 7.90. The van der Waals surface area contributed by atoms with Crippen LogP contribution in [0.15, 0.2) is 6.20 Å². The lowest BCUT2D eigenvalue weighted by molar-refractivity contribution is -0.0239. The van der Waals surface area contributed by atoms with Crippen LogP contribution in [0.1, 0.15) is 90.3 Å². The molecule has 1 aromatic carbocycles. The number of carbonyl (C=O) groups excluding carboxylic acids is 2. The first-order valence-electron chi connectivity index (χ1n) is 21.8. The Morgan fingerprint density at radius 1 is 0.984 bits per heavy atom. The maximum absolute atomic E-state index is 18.0. The quantitative estimate of drug-likeness (QED) is 0.182. The van der Waals surface area contributed by atoms with Crippen LogP contribution >= 0.6 is 11.3 Å². The number of aromatic nitrogens is 3. The SMILES string of the molecule is CC(C)(C)OC(=O)Nc1sc2c(F)cnc(-c3c4c(c5c(N6C7CCC6CN(C(=O)OC(C)(C)C)C7)nc(OCC6(CN7CC8(CCOC8)C7)CC6)nc5c3F)COC4)c2c1C#N. The van der Waals surface area contributed by atoms with Crippen LogP contribution in [0.2, 0.25) is 0 Å². The van der Waals surface area contributed by atoms with Gasteiger partial charge in [0.1, 0.15) is 33.6 Å². The van der Waals surface area contributed by atoms with E-state index in [-0.39, 0.29) is 85.7 Å². The largest absolute Gasteiger partial charge is 0.463 e. The van der Waals surface area contributed by atoms with Gasteiger partial charge in [-0.05, 0) is 84.8 Å². The van der Waals surface area contributed by atoms with Crippen molar-refractivity contribution in [3.8, 4) is 23.3 Å². The summed E-state index contributed by atoms with van der Waals surface area (Å²) < 4.78 is 63.2. The number of halogens is 2. The van der Waals surface area contributed by atoms with Crippen molar-refractivity contribution in [2.45, 2.75) is 110 Å². The second-order valence-electron chi connectivity index (χ2n) is 20.3. The molecule has 10 rings (SSSR count). The predicted molar refractivity (Wildman–Crippen MR) is 230 cm³/mol. The van der Waals surface area contributed by atoms with Crippen LogP contribution in [0.5, 0.6) is 6.01 Å². The van der Waals surface area contributed by atoms with Crippen LogP contribution in [0.25, 0.3) is 32.2 Å². The molecule has 1 saturated carbocycles. The molecule has 0 radical (unpaired) electrons. The number of fused-ring (bicyclic) bond motifs is 6. The highest BCUT2D eigenvalue weighted by atomic mass is 32.1. The minimum atomic E-state index is -0.836. The maximum atomic E-state index is 18.0. The fourth-order valence-corrected chi connectivity index (χ4v) is 11.2. The normalized spacial score (nSPS) is 22.3. The van der Waals surface area contributed by atoms with Gasteiger partial charge in [0.2, 0.25) is 0 Å². The lowest BCUT2D eigenvalue weighted by Gasteiger charge is -2.48. The van der Waals surface area contributed by atoms with E-state index >= 15 is 8.78 Å². The molecule has 2 unspecified atom stereocenters. The topological polar surface area (TPSA) is 164 Å². The number of rotatable bonds is 8. The number of amides is 2. The Balaban J connectivity index is 1.07. The molecule has 3 aromatic heterocycles. The van der Waals surface area contributed by atoms with Gasteiger partial charge in [-0.3, -0.25) is 10.3 Å². The number of pyridine rings is 1. The van der Waals surface area contributed by atoms with Crippen molar-refractivity contribution in [3.05, 3.63) is 34.5 Å². The number of nitrogens with zero attached hydrogens (tertiary/aromatic N) is 7. The molecule has 1 N–H and O–H groups in total. The van der Waals surface area contributed by atoms with E-state index < -0.39 is 28.9 Å². The van der Waals surface area contributed by atoms with E-state index in [1.54, 1.807) is 25.7 Å². The minimum Gasteiger partial charge on any atom is -0.463 e. The van der Waals surface area contributed by atoms with Gasteiger partial charge < -0.3 is 38.4 Å². The third kappa shape index (κ3) is 7.68. The lowest BCUT2D eigenvalue weighted by Crippen LogP contribution is -2.58. The Bertz CT molecular complexity index is 2570. The summed E-state index contributed by atoms with van der Waals surface area (Å²) in [5.74, 6) is -0.976. The van der Waals surface area contributed by atoms with Crippen molar-refractivity contribution in [3.63, 3.8) is 0 Å². The molecule has 63 heavy (non-hydrogen) atoms. The summed E-state index contributed by atoms with van der Waals surface area (Å²) in [6.45, 7) is 16.4. The van der Waals surface area contributed by atoms with Crippen molar-refractivity contribution in [1.29, 1.82) is 5.26 Å². The van der Waals surface area contributed by atoms with E-state index in [1.165, 1.54) is 0 Å². The molecule has 334 valence electrons. The third-order valence-corrected chi connectivity index (χ3v) is 14.2. The van der Waals surface area contributed by atoms with Crippen LogP contribution in [0.3, 0.4) is 0 Å². The molecule has 1 spiro atoms. The second-order valence-corrected chi connectivity index (χ2v) is 21.3. The molecule has 15 nitrogen and oxygen atoms in total. The number of hydrogen-bond acceptors (Lipinski definition) is 14. The molecule has 8 heterocycles. The standard InChI is InChI=1S/C45H52F2N8O7S/c1-42(2,3)61-40(56)52-38-26(13-48)31-34(49-14-29(46)36(31)63-38)30-27-17-59-18-28(27)32-35(33(30)47)50-39(60-23-44(9-10-44)19-53-20-45(21-53)11-12-58-22-45)51-37(32)55-24-7-8-25(55)16-54(15-24)41(57)62-43(4,5)6/h14,24-25H,7-12,15-23H2,1-6H3,(H,52,56). The summed E-state index contributed by atoms with van der Waals surface area (Å²) in [4.78, 5) is 47.0. The van der Waals surface area contributed by atoms with Crippen LogP contribution < -0.4 is 15.0 Å². The first-order chi connectivity index (χ1) is 29.9. The van der Waals surface area contributed by atoms with E-state index in [2.05, 4.69) is 26.2 Å². The molecule has 4 aromatic rings. The first-order valence-corrected chi connectivity index (χ1v) is 22.6. The summed E-state index contributed by atoms with van der Waals surface area (Å²) in [7, 11) is 0. The molecular formula is C45H52F2N8O7S. The number of nitriles is 1. The Morgan fingerprint density at radius 2 is 1.70 bits per heavy atom. The van der Waals surface area contributed by atoms with Crippen LogP contribution in [0, 0.1) is 33.8 Å². The maximum Gasteiger partial charge on any atom is 0.412 e. The number of hydrogen-bond donors (Lipinski definition) is 1. The highest BCUT2D eigenvalue weighted by Crippen LogP contribution is 2.51. The minimum absolute atomic E-state index is 0.0104. The van der Waals surface area contributed by atoms with Crippen LogP contribution in [-0.4, -0.2) is 113 Å². The van der Waals surface area contributed by atoms with Crippen molar-refractivity contribution in [1.82, 2.24) is 24.8 Å². The van der Waals surface area contributed by atoms with Gasteiger partial charge in [-0.2, -0.15) is 15.2 Å². The number of piperazine rings is 1. The Hall–Kier alpha value is -4.96. The van der Waals surface area contributed by atoms with Crippen molar-refractivity contribution in [2.24, 2.45) is 10.8 Å². The Labute approximate surface area is 368 Å². The van der Waals surface area contributed by atoms with Gasteiger partial charge in [0.25, 0.3) is 0 Å². The van der Waals surface area contributed by atoms with Gasteiger partial charge in [0.15, 0.2) is 11.6 Å². The molecule has 2 atom stereocenters. The molecular weight excluding hydrogens is 835 g/mol. The van der Waals surface area contributed by atoms with E-state index in [1.807, 2.05) is 20.8 Å². The van der Waals surface area contributed by atoms with Gasteiger partial charge in [-0.15, -0.1) is 11.3 Å². The smallest absolute Gasteiger partial charge is 0.412 e. The number of carbonyl (C=O) groups is 2. The van der Waals surface area contributed by atoms with Crippen molar-refractivity contribution >= 4 is 55.3 Å². The zero-order valence-corrected chi connectivity index (χ0v) is 37.3. The van der Waals surface area contributed by atoms with E-state index in [0.29, 0.717) is 42.0 Å². The number of thiophene rings is 1. The highest BCUT2D eigenvalue weighted by Gasteiger charge is 2.52. The van der Waals surface area contributed by atoms with Gasteiger partial charge >= 0.3 is 18.2 Å². The fraction of sp³-hybridized carbons (Fsp3) is 0.600.